The van der Waals surface area contributed by atoms with E-state index in [4.69, 9.17) is 0 Å². The van der Waals surface area contributed by atoms with Gasteiger partial charge in [0.2, 0.25) is 0 Å². The lowest BCUT2D eigenvalue weighted by Gasteiger charge is -2.18. The standard InChI is InChI=1S/C20H24N4O2/c25-18-3-1-2-14(10-18)11-21-17-8-9-24(13-17)19-7-4-15(12-22-19)20(26)23-16-5-6-16/h1-4,7,10,12,16-17,21,25H,5-6,8-9,11,13H2,(H,23,26). The minimum atomic E-state index is -0.0290. The van der Waals surface area contributed by atoms with Crippen LogP contribution in [0.2, 0.25) is 0 Å². The third-order valence-electron chi connectivity index (χ3n) is 4.94. The average molecular weight is 352 g/mol. The summed E-state index contributed by atoms with van der Waals surface area (Å²) in [5, 5.41) is 16.1. The van der Waals surface area contributed by atoms with E-state index in [0.717, 1.165) is 50.3 Å². The Labute approximate surface area is 153 Å². The SMILES string of the molecule is O=C(NC1CC1)c1ccc(N2CCC(NCc3cccc(O)c3)C2)nc1. The summed E-state index contributed by atoms with van der Waals surface area (Å²) in [4.78, 5) is 18.7. The first kappa shape index (κ1) is 16.8. The summed E-state index contributed by atoms with van der Waals surface area (Å²) in [7, 11) is 0. The monoisotopic (exact) mass is 352 g/mol. The van der Waals surface area contributed by atoms with Gasteiger partial charge in [-0.15, -0.1) is 0 Å². The third-order valence-corrected chi connectivity index (χ3v) is 4.94. The summed E-state index contributed by atoms with van der Waals surface area (Å²) in [5.41, 5.74) is 1.70. The second-order valence-corrected chi connectivity index (χ2v) is 7.14. The molecule has 2 aromatic rings. The molecule has 136 valence electrons. The van der Waals surface area contributed by atoms with Gasteiger partial charge in [-0.1, -0.05) is 12.1 Å². The molecule has 26 heavy (non-hydrogen) atoms. The van der Waals surface area contributed by atoms with Crippen molar-refractivity contribution in [3.05, 3.63) is 53.7 Å². The van der Waals surface area contributed by atoms with E-state index < -0.39 is 0 Å². The van der Waals surface area contributed by atoms with Gasteiger partial charge < -0.3 is 20.6 Å². The average Bonchev–Trinajstić information content (AvgIpc) is 3.34. The Bertz CT molecular complexity index is 774. The highest BCUT2D eigenvalue weighted by Crippen LogP contribution is 2.21. The number of aromatic nitrogens is 1. The molecule has 2 heterocycles. The highest BCUT2D eigenvalue weighted by Gasteiger charge is 2.25. The van der Waals surface area contributed by atoms with Crippen LogP contribution in [0.1, 0.15) is 35.2 Å². The molecule has 1 saturated carbocycles. The Hall–Kier alpha value is -2.60. The summed E-state index contributed by atoms with van der Waals surface area (Å²) in [6, 6.07) is 11.9. The first-order chi connectivity index (χ1) is 12.7. The molecule has 4 rings (SSSR count). The molecule has 1 aromatic heterocycles. The van der Waals surface area contributed by atoms with Gasteiger partial charge in [-0.2, -0.15) is 0 Å². The zero-order valence-electron chi connectivity index (χ0n) is 14.7. The minimum absolute atomic E-state index is 0.0290. The number of amides is 1. The number of carbonyl (C=O) groups is 1. The van der Waals surface area contributed by atoms with Crippen LogP contribution in [0.5, 0.6) is 5.75 Å². The van der Waals surface area contributed by atoms with Gasteiger partial charge in [-0.25, -0.2) is 4.98 Å². The van der Waals surface area contributed by atoms with Gasteiger partial charge in [0.25, 0.3) is 5.91 Å². The molecule has 0 spiro atoms. The van der Waals surface area contributed by atoms with E-state index in [1.807, 2.05) is 24.3 Å². The number of hydrogen-bond acceptors (Lipinski definition) is 5. The third kappa shape index (κ3) is 4.14. The number of carbonyl (C=O) groups excluding carboxylic acids is 1. The Morgan fingerprint density at radius 3 is 2.81 bits per heavy atom. The van der Waals surface area contributed by atoms with Gasteiger partial charge >= 0.3 is 0 Å². The molecule has 0 bridgehead atoms. The molecule has 6 nitrogen and oxygen atoms in total. The summed E-state index contributed by atoms with van der Waals surface area (Å²) < 4.78 is 0. The van der Waals surface area contributed by atoms with Crippen LogP contribution in [0.15, 0.2) is 42.6 Å². The van der Waals surface area contributed by atoms with Gasteiger partial charge in [0.15, 0.2) is 0 Å². The molecule has 1 aliphatic carbocycles. The van der Waals surface area contributed by atoms with Crippen molar-refractivity contribution in [2.45, 2.75) is 37.9 Å². The molecule has 1 aromatic carbocycles. The quantitative estimate of drug-likeness (QED) is 0.742. The number of anilines is 1. The van der Waals surface area contributed by atoms with E-state index in [1.54, 1.807) is 18.3 Å². The molecule has 1 aliphatic heterocycles. The number of nitrogens with one attached hydrogen (secondary N) is 2. The van der Waals surface area contributed by atoms with Crippen LogP contribution >= 0.6 is 0 Å². The fraction of sp³-hybridized carbons (Fsp3) is 0.400. The first-order valence-corrected chi connectivity index (χ1v) is 9.20. The molecule has 6 heteroatoms. The van der Waals surface area contributed by atoms with Gasteiger partial charge in [-0.3, -0.25) is 4.79 Å². The van der Waals surface area contributed by atoms with E-state index >= 15 is 0 Å². The highest BCUT2D eigenvalue weighted by atomic mass is 16.3. The zero-order chi connectivity index (χ0) is 17.9. The maximum absolute atomic E-state index is 12.0. The molecule has 1 unspecified atom stereocenters. The number of pyridine rings is 1. The zero-order valence-corrected chi connectivity index (χ0v) is 14.7. The van der Waals surface area contributed by atoms with Crippen LogP contribution < -0.4 is 15.5 Å². The second kappa shape index (κ2) is 7.33. The van der Waals surface area contributed by atoms with Crippen molar-refractivity contribution in [1.29, 1.82) is 0 Å². The molecule has 1 atom stereocenters. The fourth-order valence-corrected chi connectivity index (χ4v) is 3.27. The van der Waals surface area contributed by atoms with Gasteiger partial charge in [0, 0.05) is 37.9 Å². The maximum Gasteiger partial charge on any atom is 0.253 e. The topological polar surface area (TPSA) is 77.5 Å². The summed E-state index contributed by atoms with van der Waals surface area (Å²) in [5.74, 6) is 1.18. The normalized spacial score (nSPS) is 19.5. The lowest BCUT2D eigenvalue weighted by molar-refractivity contribution is 0.0950. The molecule has 0 radical (unpaired) electrons. The van der Waals surface area contributed by atoms with Crippen LogP contribution in [-0.2, 0) is 6.54 Å². The van der Waals surface area contributed by atoms with Gasteiger partial charge in [-0.05, 0) is 49.1 Å². The predicted molar refractivity (Wildman–Crippen MR) is 100 cm³/mol. The molecular weight excluding hydrogens is 328 g/mol. The Balaban J connectivity index is 1.29. The first-order valence-electron chi connectivity index (χ1n) is 9.20. The molecule has 2 aliphatic rings. The highest BCUT2D eigenvalue weighted by molar-refractivity contribution is 5.94. The number of phenolic OH excluding ortho intramolecular Hbond substituents is 1. The van der Waals surface area contributed by atoms with Crippen molar-refractivity contribution in [3.8, 4) is 5.75 Å². The molecule has 1 amide bonds. The van der Waals surface area contributed by atoms with Crippen molar-refractivity contribution >= 4 is 11.7 Å². The van der Waals surface area contributed by atoms with Crippen molar-refractivity contribution < 1.29 is 9.90 Å². The smallest absolute Gasteiger partial charge is 0.253 e. The molecular formula is C20H24N4O2. The van der Waals surface area contributed by atoms with Crippen LogP contribution in [-0.4, -0.2) is 41.2 Å². The lowest BCUT2D eigenvalue weighted by Crippen LogP contribution is -2.32. The number of phenols is 1. The maximum atomic E-state index is 12.0. The predicted octanol–water partition coefficient (Wildman–Crippen LogP) is 2.05. The minimum Gasteiger partial charge on any atom is -0.508 e. The van der Waals surface area contributed by atoms with Gasteiger partial charge in [0.1, 0.15) is 11.6 Å². The Morgan fingerprint density at radius 1 is 1.19 bits per heavy atom. The van der Waals surface area contributed by atoms with Gasteiger partial charge in [0.05, 0.1) is 5.56 Å². The van der Waals surface area contributed by atoms with E-state index in [0.29, 0.717) is 23.4 Å². The van der Waals surface area contributed by atoms with Crippen LogP contribution in [0.4, 0.5) is 5.82 Å². The Morgan fingerprint density at radius 2 is 2.08 bits per heavy atom. The second-order valence-electron chi connectivity index (χ2n) is 7.14. The molecule has 1 saturated heterocycles. The molecule has 3 N–H and O–H groups in total. The number of benzene rings is 1. The lowest BCUT2D eigenvalue weighted by atomic mass is 10.2. The summed E-state index contributed by atoms with van der Waals surface area (Å²) in [6.45, 7) is 2.57. The van der Waals surface area contributed by atoms with Crippen molar-refractivity contribution in [3.63, 3.8) is 0 Å². The van der Waals surface area contributed by atoms with Crippen LogP contribution in [0, 0.1) is 0 Å². The fourth-order valence-electron chi connectivity index (χ4n) is 3.27. The number of nitrogens with zero attached hydrogens (tertiary/aromatic N) is 2. The van der Waals surface area contributed by atoms with E-state index in [1.165, 1.54) is 0 Å². The summed E-state index contributed by atoms with van der Waals surface area (Å²) in [6.07, 6.45) is 4.88. The van der Waals surface area contributed by atoms with Crippen LogP contribution in [0.3, 0.4) is 0 Å². The van der Waals surface area contributed by atoms with Crippen molar-refractivity contribution in [1.82, 2.24) is 15.6 Å². The van der Waals surface area contributed by atoms with E-state index in [2.05, 4.69) is 20.5 Å². The number of hydrogen-bond donors (Lipinski definition) is 3. The van der Waals surface area contributed by atoms with E-state index in [9.17, 15) is 9.90 Å². The van der Waals surface area contributed by atoms with E-state index in [-0.39, 0.29) is 5.91 Å². The van der Waals surface area contributed by atoms with Crippen LogP contribution in [0.25, 0.3) is 0 Å². The molecule has 2 fully saturated rings. The number of rotatable bonds is 6. The van der Waals surface area contributed by atoms with Crippen molar-refractivity contribution in [2.24, 2.45) is 0 Å². The summed E-state index contributed by atoms with van der Waals surface area (Å²) >= 11 is 0. The number of aromatic hydroxyl groups is 1. The largest absolute Gasteiger partial charge is 0.508 e. The van der Waals surface area contributed by atoms with Crippen molar-refractivity contribution in [2.75, 3.05) is 18.0 Å². The Kier molecular flexibility index (Phi) is 4.75.